The number of benzene rings is 2. The molecule has 0 bridgehead atoms. The van der Waals surface area contributed by atoms with E-state index in [1.807, 2.05) is 62.4 Å². The molecule has 0 fully saturated rings. The Morgan fingerprint density at radius 1 is 1.14 bits per heavy atom. The van der Waals surface area contributed by atoms with Gasteiger partial charge in [0, 0.05) is 12.0 Å². The summed E-state index contributed by atoms with van der Waals surface area (Å²) in [7, 11) is 1.59. The minimum absolute atomic E-state index is 0.264. The van der Waals surface area contributed by atoms with Gasteiger partial charge in [-0.3, -0.25) is 10.1 Å². The molecule has 1 aromatic heterocycles. The number of rotatable bonds is 8. The number of ether oxygens (including phenoxy) is 2. The normalized spacial score (nSPS) is 11.0. The first-order valence-electron chi connectivity index (χ1n) is 9.22. The third-order valence-electron chi connectivity index (χ3n) is 4.02. The molecule has 0 spiro atoms. The van der Waals surface area contributed by atoms with Gasteiger partial charge in [-0.2, -0.15) is 0 Å². The maximum absolute atomic E-state index is 12.1. The molecular weight excluding hydrogens is 386 g/mol. The number of aromatic nitrogens is 2. The number of nitrogens with one attached hydrogen (secondary N) is 1. The fourth-order valence-corrected chi connectivity index (χ4v) is 3.23. The maximum atomic E-state index is 12.1. The van der Waals surface area contributed by atoms with E-state index >= 15 is 0 Å². The average molecular weight is 410 g/mol. The molecule has 150 valence electrons. The number of anilines is 1. The van der Waals surface area contributed by atoms with Crippen molar-refractivity contribution < 1.29 is 14.3 Å². The number of hydrogen-bond donors (Lipinski definition) is 1. The molecule has 1 N–H and O–H groups in total. The van der Waals surface area contributed by atoms with Gasteiger partial charge >= 0.3 is 0 Å². The molecule has 0 aliphatic heterocycles. The van der Waals surface area contributed by atoms with Crippen LogP contribution in [0.4, 0.5) is 5.13 Å². The van der Waals surface area contributed by atoms with E-state index in [0.29, 0.717) is 23.2 Å². The highest BCUT2D eigenvalue weighted by atomic mass is 32.1. The van der Waals surface area contributed by atoms with Crippen LogP contribution in [0.2, 0.25) is 0 Å². The van der Waals surface area contributed by atoms with E-state index in [-0.39, 0.29) is 11.8 Å². The number of methoxy groups -OCH3 is 1. The van der Waals surface area contributed by atoms with Crippen LogP contribution in [0, 0.1) is 0 Å². The molecule has 0 radical (unpaired) electrons. The lowest BCUT2D eigenvalue weighted by atomic mass is 10.2. The molecule has 0 aliphatic rings. The predicted octanol–water partition coefficient (Wildman–Crippen LogP) is 4.90. The second-order valence-electron chi connectivity index (χ2n) is 6.61. The van der Waals surface area contributed by atoms with Crippen molar-refractivity contribution in [3.63, 3.8) is 0 Å². The van der Waals surface area contributed by atoms with Gasteiger partial charge in [-0.15, -0.1) is 10.2 Å². The summed E-state index contributed by atoms with van der Waals surface area (Å²) in [5.41, 5.74) is 1.90. The third kappa shape index (κ3) is 5.89. The molecule has 29 heavy (non-hydrogen) atoms. The SMILES string of the molecule is COc1cc(/C=C/C(=O)Nc2nnc(C(C)C)s2)ccc1OCc1ccccc1. The molecule has 0 unspecified atom stereocenters. The minimum Gasteiger partial charge on any atom is -0.493 e. The van der Waals surface area contributed by atoms with Gasteiger partial charge in [-0.1, -0.05) is 61.6 Å². The molecular formula is C22H23N3O3S. The number of nitrogens with zero attached hydrogens (tertiary/aromatic N) is 2. The van der Waals surface area contributed by atoms with Crippen LogP contribution in [0.15, 0.2) is 54.6 Å². The Kier molecular flexibility index (Phi) is 6.97. The molecule has 0 saturated carbocycles. The van der Waals surface area contributed by atoms with Gasteiger partial charge in [-0.25, -0.2) is 0 Å². The van der Waals surface area contributed by atoms with Gasteiger partial charge in [0.1, 0.15) is 11.6 Å². The van der Waals surface area contributed by atoms with Crippen LogP contribution in [0.3, 0.4) is 0 Å². The third-order valence-corrected chi connectivity index (χ3v) is 5.16. The van der Waals surface area contributed by atoms with E-state index < -0.39 is 0 Å². The molecule has 0 atom stereocenters. The van der Waals surface area contributed by atoms with Crippen LogP contribution in [-0.2, 0) is 11.4 Å². The van der Waals surface area contributed by atoms with Crippen molar-refractivity contribution in [2.45, 2.75) is 26.4 Å². The van der Waals surface area contributed by atoms with E-state index in [1.165, 1.54) is 17.4 Å². The van der Waals surface area contributed by atoms with E-state index in [1.54, 1.807) is 13.2 Å². The molecule has 2 aromatic carbocycles. The highest BCUT2D eigenvalue weighted by Crippen LogP contribution is 2.29. The zero-order valence-electron chi connectivity index (χ0n) is 16.6. The Labute approximate surface area is 174 Å². The first-order chi connectivity index (χ1) is 14.0. The summed E-state index contributed by atoms with van der Waals surface area (Å²) >= 11 is 1.38. The topological polar surface area (TPSA) is 73.3 Å². The van der Waals surface area contributed by atoms with Crippen LogP contribution in [-0.4, -0.2) is 23.2 Å². The minimum atomic E-state index is -0.264. The Balaban J connectivity index is 1.61. The monoisotopic (exact) mass is 409 g/mol. The Morgan fingerprint density at radius 3 is 2.62 bits per heavy atom. The number of hydrogen-bond acceptors (Lipinski definition) is 6. The van der Waals surface area contributed by atoms with Gasteiger partial charge < -0.3 is 9.47 Å². The Hall–Kier alpha value is -3.19. The van der Waals surface area contributed by atoms with Crippen LogP contribution in [0.25, 0.3) is 6.08 Å². The van der Waals surface area contributed by atoms with E-state index in [9.17, 15) is 4.79 Å². The van der Waals surface area contributed by atoms with Crippen LogP contribution < -0.4 is 14.8 Å². The summed E-state index contributed by atoms with van der Waals surface area (Å²) in [6.45, 7) is 4.52. The lowest BCUT2D eigenvalue weighted by Crippen LogP contribution is -2.07. The molecule has 1 amide bonds. The second kappa shape index (κ2) is 9.84. The van der Waals surface area contributed by atoms with Crippen molar-refractivity contribution in [2.24, 2.45) is 0 Å². The Morgan fingerprint density at radius 2 is 1.93 bits per heavy atom. The molecule has 1 heterocycles. The number of carbonyl (C=O) groups is 1. The average Bonchev–Trinajstić information content (AvgIpc) is 3.20. The van der Waals surface area contributed by atoms with Gasteiger partial charge in [0.2, 0.25) is 11.0 Å². The summed E-state index contributed by atoms with van der Waals surface area (Å²) in [5, 5.41) is 12.2. The van der Waals surface area contributed by atoms with Gasteiger partial charge in [0.15, 0.2) is 11.5 Å². The number of carbonyl (C=O) groups excluding carboxylic acids is 1. The lowest BCUT2D eigenvalue weighted by molar-refractivity contribution is -0.111. The molecule has 3 aromatic rings. The first-order valence-corrected chi connectivity index (χ1v) is 10.0. The summed E-state index contributed by atoms with van der Waals surface area (Å²) in [6, 6.07) is 15.4. The molecule has 6 nitrogen and oxygen atoms in total. The number of amides is 1. The van der Waals surface area contributed by atoms with Crippen molar-refractivity contribution in [2.75, 3.05) is 12.4 Å². The standard InChI is InChI=1S/C22H23N3O3S/c1-15(2)21-24-25-22(29-21)23-20(26)12-10-16-9-11-18(19(13-16)27-3)28-14-17-7-5-4-6-8-17/h4-13,15H,14H2,1-3H3,(H,23,25,26)/b12-10+. The van der Waals surface area contributed by atoms with Crippen molar-refractivity contribution in [3.05, 3.63) is 70.7 Å². The summed E-state index contributed by atoms with van der Waals surface area (Å²) < 4.78 is 11.3. The summed E-state index contributed by atoms with van der Waals surface area (Å²) in [6.07, 6.45) is 3.17. The van der Waals surface area contributed by atoms with Crippen LogP contribution in [0.5, 0.6) is 11.5 Å². The summed E-state index contributed by atoms with van der Waals surface area (Å²) in [5.74, 6) is 1.27. The van der Waals surface area contributed by atoms with Gasteiger partial charge in [0.05, 0.1) is 7.11 Å². The van der Waals surface area contributed by atoms with Crippen molar-refractivity contribution in [3.8, 4) is 11.5 Å². The molecule has 0 saturated heterocycles. The fourth-order valence-electron chi connectivity index (χ4n) is 2.48. The quantitative estimate of drug-likeness (QED) is 0.536. The van der Waals surface area contributed by atoms with E-state index in [4.69, 9.17) is 9.47 Å². The summed E-state index contributed by atoms with van der Waals surface area (Å²) in [4.78, 5) is 12.1. The van der Waals surface area contributed by atoms with Crippen molar-refractivity contribution in [1.29, 1.82) is 0 Å². The van der Waals surface area contributed by atoms with E-state index in [2.05, 4.69) is 15.5 Å². The highest BCUT2D eigenvalue weighted by Gasteiger charge is 2.09. The van der Waals surface area contributed by atoms with Gasteiger partial charge in [0.25, 0.3) is 0 Å². The van der Waals surface area contributed by atoms with Crippen molar-refractivity contribution >= 4 is 28.5 Å². The lowest BCUT2D eigenvalue weighted by Gasteiger charge is -2.11. The molecule has 3 rings (SSSR count). The van der Waals surface area contributed by atoms with Crippen molar-refractivity contribution in [1.82, 2.24) is 10.2 Å². The molecule has 7 heteroatoms. The largest absolute Gasteiger partial charge is 0.493 e. The zero-order valence-corrected chi connectivity index (χ0v) is 17.4. The van der Waals surface area contributed by atoms with Crippen LogP contribution in [0.1, 0.15) is 35.9 Å². The predicted molar refractivity (Wildman–Crippen MR) is 115 cm³/mol. The van der Waals surface area contributed by atoms with Gasteiger partial charge in [-0.05, 0) is 29.3 Å². The fraction of sp³-hybridized carbons (Fsp3) is 0.227. The smallest absolute Gasteiger partial charge is 0.250 e. The van der Waals surface area contributed by atoms with Crippen LogP contribution >= 0.6 is 11.3 Å². The highest BCUT2D eigenvalue weighted by molar-refractivity contribution is 7.15. The zero-order chi connectivity index (χ0) is 20.6. The van der Waals surface area contributed by atoms with E-state index in [0.717, 1.165) is 16.1 Å². The molecule has 0 aliphatic carbocycles. The maximum Gasteiger partial charge on any atom is 0.250 e. The first kappa shape index (κ1) is 20.5. The second-order valence-corrected chi connectivity index (χ2v) is 7.62. The Bertz CT molecular complexity index is 984.